The molecule has 4 heteroatoms. The molecule has 1 nitrogen and oxygen atoms in total. The van der Waals surface area contributed by atoms with Crippen molar-refractivity contribution in [2.45, 2.75) is 25.5 Å². The zero-order valence-electron chi connectivity index (χ0n) is 8.12. The van der Waals surface area contributed by atoms with Crippen molar-refractivity contribution < 1.29 is 4.74 Å². The molecule has 78 valence electrons. The Hall–Kier alpha value is -0.183. The van der Waals surface area contributed by atoms with Gasteiger partial charge in [0, 0.05) is 0 Å². The van der Waals surface area contributed by atoms with Crippen LogP contribution in [0.4, 0.5) is 0 Å². The zero-order chi connectivity index (χ0) is 10.4. The van der Waals surface area contributed by atoms with Gasteiger partial charge in [-0.05, 0) is 18.6 Å². The van der Waals surface area contributed by atoms with Gasteiger partial charge in [-0.3, -0.25) is 0 Å². The first-order chi connectivity index (χ1) is 6.74. The van der Waals surface area contributed by atoms with Crippen molar-refractivity contribution in [3.8, 4) is 5.75 Å². The highest BCUT2D eigenvalue weighted by molar-refractivity contribution is 7.34. The summed E-state index contributed by atoms with van der Waals surface area (Å²) in [5.74, 6) is 0.852. The number of halogens is 2. The standard InChI is InChI=1S/C10H14Cl2OSi/c1-2-6-10(14(11)12)13-9-7-4-3-5-8-9/h3-5,7-8,10,14H,2,6H2,1H3. The Morgan fingerprint density at radius 1 is 1.29 bits per heavy atom. The summed E-state index contributed by atoms with van der Waals surface area (Å²) in [5.41, 5.74) is 0.0192. The molecule has 0 aliphatic rings. The van der Waals surface area contributed by atoms with Gasteiger partial charge in [0.2, 0.25) is 0 Å². The first-order valence-electron chi connectivity index (χ1n) is 4.74. The molecule has 0 bridgehead atoms. The Morgan fingerprint density at radius 3 is 2.43 bits per heavy atom. The maximum Gasteiger partial charge on any atom is 0.277 e. The number of ether oxygens (including phenoxy) is 1. The smallest absolute Gasteiger partial charge is 0.277 e. The van der Waals surface area contributed by atoms with E-state index in [9.17, 15) is 0 Å². The predicted octanol–water partition coefficient (Wildman–Crippen LogP) is 3.47. The molecule has 0 amide bonds. The van der Waals surface area contributed by atoms with Gasteiger partial charge >= 0.3 is 0 Å². The Bertz CT molecular complexity index is 254. The van der Waals surface area contributed by atoms with E-state index in [1.807, 2.05) is 30.3 Å². The molecule has 1 unspecified atom stereocenters. The van der Waals surface area contributed by atoms with Crippen LogP contribution in [0.15, 0.2) is 30.3 Å². The Balaban J connectivity index is 2.55. The van der Waals surface area contributed by atoms with Crippen LogP contribution in [-0.2, 0) is 0 Å². The van der Waals surface area contributed by atoms with Gasteiger partial charge in [-0.2, -0.15) is 0 Å². The summed E-state index contributed by atoms with van der Waals surface area (Å²) in [4.78, 5) is 0. The van der Waals surface area contributed by atoms with Crippen molar-refractivity contribution in [3.05, 3.63) is 30.3 Å². The van der Waals surface area contributed by atoms with E-state index >= 15 is 0 Å². The molecular weight excluding hydrogens is 235 g/mol. The Morgan fingerprint density at radius 2 is 1.93 bits per heavy atom. The lowest BCUT2D eigenvalue weighted by Crippen LogP contribution is -2.27. The predicted molar refractivity (Wildman–Crippen MR) is 64.6 cm³/mol. The van der Waals surface area contributed by atoms with E-state index in [4.69, 9.17) is 26.9 Å². The van der Waals surface area contributed by atoms with Crippen LogP contribution in [0.3, 0.4) is 0 Å². The van der Waals surface area contributed by atoms with Crippen LogP contribution in [0.1, 0.15) is 19.8 Å². The first kappa shape index (κ1) is 11.9. The molecule has 0 fully saturated rings. The summed E-state index contributed by atoms with van der Waals surface area (Å²) >= 11 is 11.9. The third-order valence-corrected chi connectivity index (χ3v) is 4.60. The maximum absolute atomic E-state index is 5.95. The fourth-order valence-corrected chi connectivity index (χ4v) is 3.10. The molecular formula is C10H14Cl2OSi. The Labute approximate surface area is 96.0 Å². The molecule has 1 rings (SSSR count). The highest BCUT2D eigenvalue weighted by Crippen LogP contribution is 2.18. The van der Waals surface area contributed by atoms with Crippen molar-refractivity contribution >= 4 is 29.6 Å². The van der Waals surface area contributed by atoms with Crippen molar-refractivity contribution in [1.82, 2.24) is 0 Å². The van der Waals surface area contributed by atoms with Gasteiger partial charge in [-0.15, -0.1) is 22.2 Å². The lowest BCUT2D eigenvalue weighted by Gasteiger charge is -2.18. The topological polar surface area (TPSA) is 9.23 Å². The van der Waals surface area contributed by atoms with Gasteiger partial charge in [-0.25, -0.2) is 0 Å². The molecule has 1 aromatic carbocycles. The highest BCUT2D eigenvalue weighted by atomic mass is 35.7. The summed E-state index contributed by atoms with van der Waals surface area (Å²) < 4.78 is 5.71. The van der Waals surface area contributed by atoms with Crippen LogP contribution in [-0.4, -0.2) is 13.1 Å². The third-order valence-electron chi connectivity index (χ3n) is 1.88. The van der Waals surface area contributed by atoms with Gasteiger partial charge in [0.1, 0.15) is 11.5 Å². The monoisotopic (exact) mass is 248 g/mol. The molecule has 1 aromatic rings. The molecule has 14 heavy (non-hydrogen) atoms. The van der Waals surface area contributed by atoms with Crippen molar-refractivity contribution in [2.24, 2.45) is 0 Å². The minimum absolute atomic E-state index is 0.0192. The van der Waals surface area contributed by atoms with E-state index in [0.717, 1.165) is 18.6 Å². The molecule has 0 heterocycles. The molecule has 0 aliphatic carbocycles. The van der Waals surface area contributed by atoms with E-state index in [1.54, 1.807) is 0 Å². The highest BCUT2D eigenvalue weighted by Gasteiger charge is 2.19. The van der Waals surface area contributed by atoms with Gasteiger partial charge in [0.05, 0.1) is 0 Å². The number of rotatable bonds is 5. The maximum atomic E-state index is 5.95. The largest absolute Gasteiger partial charge is 0.491 e. The quantitative estimate of drug-likeness (QED) is 0.573. The summed E-state index contributed by atoms with van der Waals surface area (Å²) in [7, 11) is -1.75. The summed E-state index contributed by atoms with van der Waals surface area (Å²) in [6.07, 6.45) is 1.97. The van der Waals surface area contributed by atoms with Crippen molar-refractivity contribution in [1.29, 1.82) is 0 Å². The number of para-hydroxylation sites is 1. The fraction of sp³-hybridized carbons (Fsp3) is 0.400. The lowest BCUT2D eigenvalue weighted by molar-refractivity contribution is 0.265. The van der Waals surface area contributed by atoms with Gasteiger partial charge in [0.15, 0.2) is 0 Å². The first-order valence-corrected chi connectivity index (χ1v) is 8.89. The van der Waals surface area contributed by atoms with Gasteiger partial charge in [0.25, 0.3) is 7.42 Å². The molecule has 0 aromatic heterocycles. The molecule has 0 N–H and O–H groups in total. The minimum Gasteiger partial charge on any atom is -0.491 e. The van der Waals surface area contributed by atoms with Crippen LogP contribution in [0.2, 0.25) is 0 Å². The van der Waals surface area contributed by atoms with Crippen LogP contribution in [0.5, 0.6) is 5.75 Å². The summed E-state index contributed by atoms with van der Waals surface area (Å²) in [5, 5.41) is 0. The zero-order valence-corrected chi connectivity index (χ0v) is 10.8. The second-order valence-corrected chi connectivity index (χ2v) is 8.00. The van der Waals surface area contributed by atoms with Crippen molar-refractivity contribution in [2.75, 3.05) is 0 Å². The van der Waals surface area contributed by atoms with E-state index in [0.29, 0.717) is 0 Å². The van der Waals surface area contributed by atoms with Gasteiger partial charge in [-0.1, -0.05) is 31.5 Å². The Kier molecular flexibility index (Phi) is 5.37. The van der Waals surface area contributed by atoms with Gasteiger partial charge < -0.3 is 4.74 Å². The number of benzene rings is 1. The second-order valence-electron chi connectivity index (χ2n) is 3.09. The van der Waals surface area contributed by atoms with Crippen LogP contribution >= 0.6 is 22.2 Å². The average Bonchev–Trinajstić information content (AvgIpc) is 2.18. The second kappa shape index (κ2) is 6.33. The minimum atomic E-state index is -1.75. The fourth-order valence-electron chi connectivity index (χ4n) is 1.19. The molecule has 0 saturated carbocycles. The van der Waals surface area contributed by atoms with Crippen LogP contribution in [0, 0.1) is 0 Å². The third kappa shape index (κ3) is 3.90. The number of hydrogen-bond donors (Lipinski definition) is 0. The summed E-state index contributed by atoms with van der Waals surface area (Å²) in [6.45, 7) is 2.10. The van der Waals surface area contributed by atoms with E-state index < -0.39 is 7.42 Å². The molecule has 0 saturated heterocycles. The number of hydrogen-bond acceptors (Lipinski definition) is 1. The summed E-state index contributed by atoms with van der Waals surface area (Å²) in [6, 6.07) is 9.69. The van der Waals surface area contributed by atoms with E-state index in [2.05, 4.69) is 6.92 Å². The van der Waals surface area contributed by atoms with Crippen molar-refractivity contribution in [3.63, 3.8) is 0 Å². The van der Waals surface area contributed by atoms with Crippen LogP contribution in [0.25, 0.3) is 0 Å². The van der Waals surface area contributed by atoms with E-state index in [1.165, 1.54) is 0 Å². The average molecular weight is 249 g/mol. The molecule has 0 radical (unpaired) electrons. The normalized spacial score (nSPS) is 12.9. The van der Waals surface area contributed by atoms with Crippen LogP contribution < -0.4 is 4.74 Å². The SMILES string of the molecule is CCCC(Oc1ccccc1)[SiH](Cl)Cl. The molecule has 0 spiro atoms. The lowest BCUT2D eigenvalue weighted by atomic mass is 10.3. The molecule has 0 aliphatic heterocycles. The van der Waals surface area contributed by atoms with E-state index in [-0.39, 0.29) is 5.73 Å². The molecule has 1 atom stereocenters.